The molecular formula is C23H19BrN2O5S. The van der Waals surface area contributed by atoms with Gasteiger partial charge < -0.3 is 19.2 Å². The number of nitrogens with one attached hydrogen (secondary N) is 1. The van der Waals surface area contributed by atoms with Gasteiger partial charge in [0.1, 0.15) is 11.5 Å². The highest BCUT2D eigenvalue weighted by atomic mass is 79.9. The second kappa shape index (κ2) is 9.05. The zero-order valence-corrected chi connectivity index (χ0v) is 19.6. The van der Waals surface area contributed by atoms with Crippen molar-refractivity contribution in [2.45, 2.75) is 9.92 Å². The molecule has 0 radical (unpaired) electrons. The molecule has 0 atom stereocenters. The maximum atomic E-state index is 13.4. The van der Waals surface area contributed by atoms with Crippen molar-refractivity contribution in [2.24, 2.45) is 0 Å². The molecule has 164 valence electrons. The van der Waals surface area contributed by atoms with E-state index in [1.165, 1.54) is 12.1 Å². The summed E-state index contributed by atoms with van der Waals surface area (Å²) < 4.78 is 43.8. The highest BCUT2D eigenvalue weighted by Gasteiger charge is 2.29. The highest BCUT2D eigenvalue weighted by molar-refractivity contribution is 9.10. The Morgan fingerprint density at radius 3 is 1.97 bits per heavy atom. The van der Waals surface area contributed by atoms with Gasteiger partial charge >= 0.3 is 0 Å². The first-order valence-electron chi connectivity index (χ1n) is 9.47. The van der Waals surface area contributed by atoms with E-state index in [0.717, 1.165) is 4.47 Å². The lowest BCUT2D eigenvalue weighted by atomic mass is 10.2. The minimum Gasteiger partial charge on any atom is -0.497 e. The summed E-state index contributed by atoms with van der Waals surface area (Å²) in [5.74, 6) is 1.53. The Labute approximate surface area is 194 Å². The number of ether oxygens (including phenoxy) is 2. The largest absolute Gasteiger partial charge is 0.497 e. The monoisotopic (exact) mass is 514 g/mol. The van der Waals surface area contributed by atoms with Crippen molar-refractivity contribution in [3.8, 4) is 23.0 Å². The summed E-state index contributed by atoms with van der Waals surface area (Å²) in [6.07, 6.45) is 0. The SMILES string of the molecule is COc1ccc(Nc2oc(-c3ccc(OC)cc3)nc2S(=O)(=O)c2ccc(Br)cc2)cc1. The van der Waals surface area contributed by atoms with E-state index in [0.29, 0.717) is 22.7 Å². The lowest BCUT2D eigenvalue weighted by molar-refractivity contribution is 0.414. The molecule has 0 unspecified atom stereocenters. The van der Waals surface area contributed by atoms with Crippen LogP contribution in [0.1, 0.15) is 0 Å². The molecule has 0 aliphatic heterocycles. The molecule has 1 heterocycles. The van der Waals surface area contributed by atoms with Gasteiger partial charge in [0.2, 0.25) is 26.6 Å². The van der Waals surface area contributed by atoms with E-state index in [1.807, 2.05) is 0 Å². The topological polar surface area (TPSA) is 90.7 Å². The van der Waals surface area contributed by atoms with E-state index in [1.54, 1.807) is 74.9 Å². The van der Waals surface area contributed by atoms with Crippen LogP contribution < -0.4 is 14.8 Å². The molecule has 3 aromatic carbocycles. The van der Waals surface area contributed by atoms with Crippen LogP contribution in [0.5, 0.6) is 11.5 Å². The molecule has 0 aliphatic rings. The fourth-order valence-corrected chi connectivity index (χ4v) is 4.48. The van der Waals surface area contributed by atoms with E-state index >= 15 is 0 Å². The summed E-state index contributed by atoms with van der Waals surface area (Å²) in [5, 5.41) is 2.82. The molecule has 1 N–H and O–H groups in total. The normalized spacial score (nSPS) is 11.2. The van der Waals surface area contributed by atoms with Crippen LogP contribution in [-0.2, 0) is 9.84 Å². The molecule has 0 saturated carbocycles. The van der Waals surface area contributed by atoms with E-state index in [-0.39, 0.29) is 21.7 Å². The minimum atomic E-state index is -3.96. The fraction of sp³-hybridized carbons (Fsp3) is 0.0870. The van der Waals surface area contributed by atoms with Crippen LogP contribution in [-0.4, -0.2) is 27.6 Å². The van der Waals surface area contributed by atoms with Gasteiger partial charge in [0, 0.05) is 15.7 Å². The van der Waals surface area contributed by atoms with Gasteiger partial charge in [0.15, 0.2) is 0 Å². The highest BCUT2D eigenvalue weighted by Crippen LogP contribution is 2.35. The van der Waals surface area contributed by atoms with Crippen LogP contribution in [0.4, 0.5) is 11.6 Å². The zero-order valence-electron chi connectivity index (χ0n) is 17.2. The van der Waals surface area contributed by atoms with Gasteiger partial charge in [-0.15, -0.1) is 0 Å². The molecule has 9 heteroatoms. The molecule has 0 spiro atoms. The Balaban J connectivity index is 1.79. The lowest BCUT2D eigenvalue weighted by Gasteiger charge is -2.07. The molecule has 0 fully saturated rings. The Kier molecular flexibility index (Phi) is 6.20. The first kappa shape index (κ1) is 21.9. The Morgan fingerprint density at radius 2 is 1.41 bits per heavy atom. The van der Waals surface area contributed by atoms with Crippen LogP contribution in [0.25, 0.3) is 11.5 Å². The third kappa shape index (κ3) is 4.49. The number of benzene rings is 3. The average molecular weight is 515 g/mol. The minimum absolute atomic E-state index is 0.0175. The van der Waals surface area contributed by atoms with Crippen molar-refractivity contribution in [1.29, 1.82) is 0 Å². The summed E-state index contributed by atoms with van der Waals surface area (Å²) in [6.45, 7) is 0. The molecule has 0 amide bonds. The van der Waals surface area contributed by atoms with Crippen LogP contribution in [0.3, 0.4) is 0 Å². The van der Waals surface area contributed by atoms with E-state index in [4.69, 9.17) is 13.9 Å². The van der Waals surface area contributed by atoms with E-state index < -0.39 is 9.84 Å². The maximum absolute atomic E-state index is 13.4. The first-order chi connectivity index (χ1) is 15.4. The smallest absolute Gasteiger partial charge is 0.238 e. The van der Waals surface area contributed by atoms with Crippen molar-refractivity contribution < 1.29 is 22.3 Å². The number of sulfone groups is 1. The third-order valence-corrected chi connectivity index (χ3v) is 6.87. The predicted molar refractivity (Wildman–Crippen MR) is 124 cm³/mol. The van der Waals surface area contributed by atoms with Crippen molar-refractivity contribution >= 4 is 37.3 Å². The van der Waals surface area contributed by atoms with Crippen molar-refractivity contribution in [1.82, 2.24) is 4.98 Å². The molecule has 4 aromatic rings. The summed E-state index contributed by atoms with van der Waals surface area (Å²) in [5.41, 5.74) is 1.23. The average Bonchev–Trinajstić information content (AvgIpc) is 3.24. The number of hydrogen-bond donors (Lipinski definition) is 1. The van der Waals surface area contributed by atoms with Gasteiger partial charge in [-0.1, -0.05) is 15.9 Å². The molecule has 0 saturated heterocycles. The maximum Gasteiger partial charge on any atom is 0.238 e. The quantitative estimate of drug-likeness (QED) is 0.338. The number of oxazole rings is 1. The number of rotatable bonds is 7. The molecule has 1 aromatic heterocycles. The lowest BCUT2D eigenvalue weighted by Crippen LogP contribution is -2.05. The molecule has 7 nitrogen and oxygen atoms in total. The van der Waals surface area contributed by atoms with Gasteiger partial charge in [-0.25, -0.2) is 8.42 Å². The summed E-state index contributed by atoms with van der Waals surface area (Å²) in [4.78, 5) is 4.45. The fourth-order valence-electron chi connectivity index (χ4n) is 2.96. The van der Waals surface area contributed by atoms with Gasteiger partial charge in [0.05, 0.1) is 19.1 Å². The van der Waals surface area contributed by atoms with E-state index in [9.17, 15) is 8.42 Å². The van der Waals surface area contributed by atoms with Crippen LogP contribution in [0, 0.1) is 0 Å². The van der Waals surface area contributed by atoms with Crippen LogP contribution >= 0.6 is 15.9 Å². The van der Waals surface area contributed by atoms with Crippen LogP contribution in [0.15, 0.2) is 91.6 Å². The second-order valence-electron chi connectivity index (χ2n) is 6.69. The summed E-state index contributed by atoms with van der Waals surface area (Å²) >= 11 is 3.32. The Morgan fingerprint density at radius 1 is 0.844 bits per heavy atom. The first-order valence-corrected chi connectivity index (χ1v) is 11.8. The van der Waals surface area contributed by atoms with Gasteiger partial charge in [-0.2, -0.15) is 4.98 Å². The molecule has 32 heavy (non-hydrogen) atoms. The number of hydrogen-bond acceptors (Lipinski definition) is 7. The van der Waals surface area contributed by atoms with Gasteiger partial charge in [-0.05, 0) is 72.8 Å². The second-order valence-corrected chi connectivity index (χ2v) is 9.47. The number of nitrogens with zero attached hydrogens (tertiary/aromatic N) is 1. The van der Waals surface area contributed by atoms with Crippen molar-refractivity contribution in [3.05, 3.63) is 77.3 Å². The van der Waals surface area contributed by atoms with Gasteiger partial charge in [0.25, 0.3) is 0 Å². The van der Waals surface area contributed by atoms with Crippen LogP contribution in [0.2, 0.25) is 0 Å². The molecule has 4 rings (SSSR count). The number of aromatic nitrogens is 1. The number of halogens is 1. The molecule has 0 bridgehead atoms. The predicted octanol–water partition coefficient (Wildman–Crippen LogP) is 5.70. The molecular weight excluding hydrogens is 496 g/mol. The number of anilines is 2. The zero-order chi connectivity index (χ0) is 22.7. The number of methoxy groups -OCH3 is 2. The Hall–Kier alpha value is -3.30. The Bertz CT molecular complexity index is 1320. The summed E-state index contributed by atoms with van der Waals surface area (Å²) in [6, 6.07) is 20.4. The van der Waals surface area contributed by atoms with Crippen molar-refractivity contribution in [2.75, 3.05) is 19.5 Å². The molecule has 0 aliphatic carbocycles. The van der Waals surface area contributed by atoms with Gasteiger partial charge in [-0.3, -0.25) is 0 Å². The third-order valence-electron chi connectivity index (χ3n) is 4.66. The van der Waals surface area contributed by atoms with E-state index in [2.05, 4.69) is 26.2 Å². The van der Waals surface area contributed by atoms with Crippen molar-refractivity contribution in [3.63, 3.8) is 0 Å². The summed E-state index contributed by atoms with van der Waals surface area (Å²) in [7, 11) is -0.815. The standard InChI is InChI=1S/C23H19BrN2O5S/c1-29-18-9-3-15(4-10-18)21-26-23(32(27,28)20-13-5-16(24)6-14-20)22(31-21)25-17-7-11-19(30-2)12-8-17/h3-14,25H,1-2H3.